The van der Waals surface area contributed by atoms with Crippen molar-refractivity contribution in [3.63, 3.8) is 0 Å². The Hall–Kier alpha value is -2.58. The predicted molar refractivity (Wildman–Crippen MR) is 98.3 cm³/mol. The lowest BCUT2D eigenvalue weighted by Gasteiger charge is -2.11. The molecule has 0 atom stereocenters. The van der Waals surface area contributed by atoms with E-state index in [1.54, 1.807) is 0 Å². The van der Waals surface area contributed by atoms with Crippen molar-refractivity contribution in [1.82, 2.24) is 5.32 Å². The second-order valence-electron chi connectivity index (χ2n) is 5.59. The molecule has 24 heavy (non-hydrogen) atoms. The highest BCUT2D eigenvalue weighted by molar-refractivity contribution is 6.31. The van der Waals surface area contributed by atoms with Crippen LogP contribution >= 0.6 is 11.6 Å². The number of rotatable bonds is 5. The summed E-state index contributed by atoms with van der Waals surface area (Å²) in [6.07, 6.45) is 0.733. The molecule has 3 rings (SSSR count). The molecule has 0 saturated carbocycles. The van der Waals surface area contributed by atoms with E-state index in [2.05, 4.69) is 17.4 Å². The second kappa shape index (κ2) is 7.80. The number of carbonyl (C=O) groups excluding carboxylic acids is 1. The van der Waals surface area contributed by atoms with Crippen LogP contribution in [0.2, 0.25) is 5.02 Å². The first kappa shape index (κ1) is 16.3. The van der Waals surface area contributed by atoms with Crippen LogP contribution in [0, 0.1) is 0 Å². The molecule has 3 heteroatoms. The summed E-state index contributed by atoms with van der Waals surface area (Å²) in [5.41, 5.74) is 3.81. The van der Waals surface area contributed by atoms with Crippen LogP contribution in [-0.4, -0.2) is 5.91 Å². The monoisotopic (exact) mass is 335 g/mol. The van der Waals surface area contributed by atoms with Gasteiger partial charge in [-0.3, -0.25) is 4.79 Å². The van der Waals surface area contributed by atoms with Crippen LogP contribution in [-0.2, 0) is 13.0 Å². The topological polar surface area (TPSA) is 29.1 Å². The van der Waals surface area contributed by atoms with Crippen LogP contribution in [0.3, 0.4) is 0 Å². The van der Waals surface area contributed by atoms with Crippen LogP contribution < -0.4 is 5.32 Å². The Labute approximate surface area is 147 Å². The fourth-order valence-corrected chi connectivity index (χ4v) is 2.83. The molecule has 0 heterocycles. The van der Waals surface area contributed by atoms with Crippen LogP contribution in [0.4, 0.5) is 0 Å². The maximum absolute atomic E-state index is 12.6. The summed E-state index contributed by atoms with van der Waals surface area (Å²) in [7, 11) is 0. The highest BCUT2D eigenvalue weighted by atomic mass is 35.5. The van der Waals surface area contributed by atoms with E-state index in [4.69, 9.17) is 11.6 Å². The van der Waals surface area contributed by atoms with Crippen LogP contribution in [0.25, 0.3) is 0 Å². The van der Waals surface area contributed by atoms with Gasteiger partial charge in [-0.2, -0.15) is 0 Å². The Morgan fingerprint density at radius 3 is 2.17 bits per heavy atom. The molecule has 2 nitrogen and oxygen atoms in total. The Balaban J connectivity index is 1.74. The van der Waals surface area contributed by atoms with Crippen molar-refractivity contribution in [3.05, 3.63) is 106 Å². The molecule has 0 radical (unpaired) electrons. The van der Waals surface area contributed by atoms with Gasteiger partial charge < -0.3 is 5.32 Å². The molecular weight excluding hydrogens is 318 g/mol. The number of hydrogen-bond donors (Lipinski definition) is 1. The number of halogens is 1. The van der Waals surface area contributed by atoms with Crippen molar-refractivity contribution in [2.24, 2.45) is 0 Å². The fourth-order valence-electron chi connectivity index (χ4n) is 2.62. The normalized spacial score (nSPS) is 10.4. The van der Waals surface area contributed by atoms with Gasteiger partial charge in [-0.15, -0.1) is 0 Å². The maximum atomic E-state index is 12.6. The highest BCUT2D eigenvalue weighted by Gasteiger charge is 2.11. The van der Waals surface area contributed by atoms with Crippen LogP contribution in [0.5, 0.6) is 0 Å². The lowest BCUT2D eigenvalue weighted by atomic mass is 9.99. The summed E-state index contributed by atoms with van der Waals surface area (Å²) in [4.78, 5) is 12.6. The molecule has 3 aromatic carbocycles. The standard InChI is InChI=1S/C21H18ClNO/c22-20-13-7-5-11-18(20)15-23-21(24)19-12-6-4-10-17(19)14-16-8-2-1-3-9-16/h1-13H,14-15H2,(H,23,24). The number of amides is 1. The number of hydrogen-bond acceptors (Lipinski definition) is 1. The van der Waals surface area contributed by atoms with Gasteiger partial charge in [-0.1, -0.05) is 78.3 Å². The minimum atomic E-state index is -0.0820. The molecule has 120 valence electrons. The van der Waals surface area contributed by atoms with E-state index in [1.807, 2.05) is 66.7 Å². The van der Waals surface area contributed by atoms with E-state index in [9.17, 15) is 4.79 Å². The first-order valence-corrected chi connectivity index (χ1v) is 8.25. The van der Waals surface area contributed by atoms with Crippen molar-refractivity contribution in [3.8, 4) is 0 Å². The number of carbonyl (C=O) groups is 1. The fraction of sp³-hybridized carbons (Fsp3) is 0.0952. The molecule has 0 unspecified atom stereocenters. The van der Waals surface area contributed by atoms with Gasteiger partial charge in [0.2, 0.25) is 0 Å². The van der Waals surface area contributed by atoms with Crippen LogP contribution in [0.15, 0.2) is 78.9 Å². The van der Waals surface area contributed by atoms with E-state index in [-0.39, 0.29) is 5.91 Å². The molecule has 3 aromatic rings. The number of nitrogens with one attached hydrogen (secondary N) is 1. The average molecular weight is 336 g/mol. The molecule has 1 N–H and O–H groups in total. The van der Waals surface area contributed by atoms with E-state index >= 15 is 0 Å². The van der Waals surface area contributed by atoms with Crippen molar-refractivity contribution >= 4 is 17.5 Å². The van der Waals surface area contributed by atoms with Gasteiger partial charge in [0.1, 0.15) is 0 Å². The van der Waals surface area contributed by atoms with Gasteiger partial charge in [-0.05, 0) is 35.2 Å². The largest absolute Gasteiger partial charge is 0.348 e. The highest BCUT2D eigenvalue weighted by Crippen LogP contribution is 2.17. The van der Waals surface area contributed by atoms with Gasteiger partial charge in [0.05, 0.1) is 0 Å². The van der Waals surface area contributed by atoms with Crippen molar-refractivity contribution in [2.45, 2.75) is 13.0 Å². The predicted octanol–water partition coefficient (Wildman–Crippen LogP) is 4.86. The molecule has 0 aliphatic rings. The summed E-state index contributed by atoms with van der Waals surface area (Å²) in [6, 6.07) is 25.4. The molecule has 0 aliphatic carbocycles. The molecule has 0 bridgehead atoms. The summed E-state index contributed by atoms with van der Waals surface area (Å²) in [6.45, 7) is 0.415. The molecule has 0 aliphatic heterocycles. The first-order valence-electron chi connectivity index (χ1n) is 7.87. The zero-order chi connectivity index (χ0) is 16.8. The van der Waals surface area contributed by atoms with E-state index < -0.39 is 0 Å². The Morgan fingerprint density at radius 1 is 0.792 bits per heavy atom. The summed E-state index contributed by atoms with van der Waals surface area (Å²) < 4.78 is 0. The second-order valence-corrected chi connectivity index (χ2v) is 6.00. The van der Waals surface area contributed by atoms with Crippen molar-refractivity contribution < 1.29 is 4.79 Å². The zero-order valence-corrected chi connectivity index (χ0v) is 14.0. The maximum Gasteiger partial charge on any atom is 0.251 e. The van der Waals surface area contributed by atoms with Gasteiger partial charge in [0, 0.05) is 17.1 Å². The molecule has 0 spiro atoms. The summed E-state index contributed by atoms with van der Waals surface area (Å²) >= 11 is 6.14. The Bertz CT molecular complexity index is 830. The summed E-state index contributed by atoms with van der Waals surface area (Å²) in [5, 5.41) is 3.62. The summed E-state index contributed by atoms with van der Waals surface area (Å²) in [5.74, 6) is -0.0820. The molecule has 1 amide bonds. The van der Waals surface area contributed by atoms with Crippen molar-refractivity contribution in [2.75, 3.05) is 0 Å². The van der Waals surface area contributed by atoms with Crippen molar-refractivity contribution in [1.29, 1.82) is 0 Å². The van der Waals surface area contributed by atoms with Crippen LogP contribution in [0.1, 0.15) is 27.0 Å². The van der Waals surface area contributed by atoms with Gasteiger partial charge in [-0.25, -0.2) is 0 Å². The third-order valence-corrected chi connectivity index (χ3v) is 4.27. The SMILES string of the molecule is O=C(NCc1ccccc1Cl)c1ccccc1Cc1ccccc1. The average Bonchev–Trinajstić information content (AvgIpc) is 2.62. The molecule has 0 saturated heterocycles. The molecule has 0 fully saturated rings. The minimum Gasteiger partial charge on any atom is -0.348 e. The van der Waals surface area contributed by atoms with Gasteiger partial charge >= 0.3 is 0 Å². The molecular formula is C21H18ClNO. The minimum absolute atomic E-state index is 0.0820. The lowest BCUT2D eigenvalue weighted by Crippen LogP contribution is -2.24. The first-order chi connectivity index (χ1) is 11.7. The molecule has 0 aromatic heterocycles. The van der Waals surface area contributed by atoms with E-state index in [0.29, 0.717) is 17.1 Å². The van der Waals surface area contributed by atoms with Gasteiger partial charge in [0.15, 0.2) is 0 Å². The van der Waals surface area contributed by atoms with E-state index in [1.165, 1.54) is 5.56 Å². The lowest BCUT2D eigenvalue weighted by molar-refractivity contribution is 0.0950. The Kier molecular flexibility index (Phi) is 5.29. The Morgan fingerprint density at radius 2 is 1.42 bits per heavy atom. The number of benzene rings is 3. The van der Waals surface area contributed by atoms with Gasteiger partial charge in [0.25, 0.3) is 5.91 Å². The smallest absolute Gasteiger partial charge is 0.251 e. The zero-order valence-electron chi connectivity index (χ0n) is 13.2. The van der Waals surface area contributed by atoms with E-state index in [0.717, 1.165) is 17.5 Å². The quantitative estimate of drug-likeness (QED) is 0.708. The third kappa shape index (κ3) is 4.03. The third-order valence-electron chi connectivity index (χ3n) is 3.90.